The van der Waals surface area contributed by atoms with Crippen LogP contribution in [0.15, 0.2) is 54.6 Å². The Morgan fingerprint density at radius 1 is 1.08 bits per heavy atom. The number of carbonyl (C=O) groups is 2. The lowest BCUT2D eigenvalue weighted by atomic mass is 10.1. The molecule has 0 aliphatic heterocycles. The number of carbonyl (C=O) groups excluding carboxylic acids is 2. The maximum absolute atomic E-state index is 12.2. The molecule has 0 saturated carbocycles. The molecule has 2 aromatic carbocycles. The minimum absolute atomic E-state index is 0.429. The van der Waals surface area contributed by atoms with E-state index in [1.165, 1.54) is 20.1 Å². The molecule has 2 aromatic rings. The Kier molecular flexibility index (Phi) is 6.34. The fourth-order valence-electron chi connectivity index (χ4n) is 2.18. The van der Waals surface area contributed by atoms with Gasteiger partial charge in [0.1, 0.15) is 5.75 Å². The lowest BCUT2D eigenvalue weighted by Crippen LogP contribution is -2.29. The molecule has 1 atom stereocenters. The van der Waals surface area contributed by atoms with Crippen LogP contribution in [-0.4, -0.2) is 25.1 Å². The van der Waals surface area contributed by atoms with Crippen molar-refractivity contribution < 1.29 is 19.1 Å². The van der Waals surface area contributed by atoms with Crippen molar-refractivity contribution in [1.29, 1.82) is 0 Å². The van der Waals surface area contributed by atoms with E-state index in [1.807, 2.05) is 31.2 Å². The van der Waals surface area contributed by atoms with Gasteiger partial charge in [-0.2, -0.15) is 0 Å². The molecule has 0 bridgehead atoms. The number of nitrogens with one attached hydrogen (secondary N) is 1. The third kappa shape index (κ3) is 5.21. The van der Waals surface area contributed by atoms with Gasteiger partial charge in [-0.3, -0.25) is 4.79 Å². The van der Waals surface area contributed by atoms with Crippen molar-refractivity contribution in [2.24, 2.45) is 0 Å². The fourth-order valence-corrected chi connectivity index (χ4v) is 2.18. The highest BCUT2D eigenvalue weighted by Gasteiger charge is 2.18. The number of hydrogen-bond acceptors (Lipinski definition) is 4. The van der Waals surface area contributed by atoms with Crippen molar-refractivity contribution in [3.8, 4) is 5.75 Å². The van der Waals surface area contributed by atoms with Gasteiger partial charge in [-0.1, -0.05) is 36.4 Å². The lowest BCUT2D eigenvalue weighted by Gasteiger charge is -2.14. The number of rotatable bonds is 6. The molecular weight excluding hydrogens is 318 g/mol. The first-order chi connectivity index (χ1) is 12.0. The second-order valence-electron chi connectivity index (χ2n) is 5.46. The summed E-state index contributed by atoms with van der Waals surface area (Å²) in [5.74, 6) is -0.470. The number of anilines is 1. The summed E-state index contributed by atoms with van der Waals surface area (Å²) in [6.07, 6.45) is 2.05. The average Bonchev–Trinajstić information content (AvgIpc) is 2.61. The first-order valence-electron chi connectivity index (χ1n) is 7.89. The predicted molar refractivity (Wildman–Crippen MR) is 97.4 cm³/mol. The van der Waals surface area contributed by atoms with Crippen LogP contribution in [0.1, 0.15) is 18.1 Å². The Bertz CT molecular complexity index is 783. The normalized spacial score (nSPS) is 11.8. The Hall–Kier alpha value is -3.08. The minimum atomic E-state index is -0.932. The number of benzene rings is 2. The molecular formula is C20H21NO4. The molecule has 0 saturated heterocycles. The van der Waals surface area contributed by atoms with Crippen LogP contribution in [0.3, 0.4) is 0 Å². The summed E-state index contributed by atoms with van der Waals surface area (Å²) in [6, 6.07) is 14.7. The van der Waals surface area contributed by atoms with E-state index >= 15 is 0 Å². The molecule has 0 aliphatic carbocycles. The van der Waals surface area contributed by atoms with Crippen LogP contribution in [-0.2, 0) is 14.3 Å². The molecule has 5 nitrogen and oxygen atoms in total. The molecule has 1 amide bonds. The van der Waals surface area contributed by atoms with Crippen molar-refractivity contribution in [2.45, 2.75) is 20.0 Å². The second kappa shape index (κ2) is 8.68. The van der Waals surface area contributed by atoms with Crippen LogP contribution in [0, 0.1) is 6.92 Å². The third-order valence-corrected chi connectivity index (χ3v) is 3.61. The number of hydrogen-bond donors (Lipinski definition) is 1. The van der Waals surface area contributed by atoms with Crippen LogP contribution in [0.2, 0.25) is 0 Å². The number of methoxy groups -OCH3 is 1. The van der Waals surface area contributed by atoms with E-state index < -0.39 is 18.0 Å². The zero-order valence-corrected chi connectivity index (χ0v) is 14.5. The van der Waals surface area contributed by atoms with Crippen molar-refractivity contribution in [3.63, 3.8) is 0 Å². The van der Waals surface area contributed by atoms with Gasteiger partial charge in [-0.15, -0.1) is 0 Å². The van der Waals surface area contributed by atoms with Gasteiger partial charge in [0, 0.05) is 6.08 Å². The summed E-state index contributed by atoms with van der Waals surface area (Å²) in [5.41, 5.74) is 2.49. The second-order valence-corrected chi connectivity index (χ2v) is 5.46. The molecule has 2 rings (SSSR count). The summed E-state index contributed by atoms with van der Waals surface area (Å²) in [7, 11) is 1.52. The van der Waals surface area contributed by atoms with E-state index in [-0.39, 0.29) is 0 Å². The SMILES string of the molecule is COc1ccccc1NC(=O)[C@H](C)OC(=O)/C=C/c1ccccc1C. The highest BCUT2D eigenvalue weighted by molar-refractivity contribution is 5.97. The summed E-state index contributed by atoms with van der Waals surface area (Å²) >= 11 is 0. The summed E-state index contributed by atoms with van der Waals surface area (Å²) in [4.78, 5) is 24.1. The zero-order chi connectivity index (χ0) is 18.2. The minimum Gasteiger partial charge on any atom is -0.495 e. The van der Waals surface area contributed by atoms with Gasteiger partial charge in [-0.25, -0.2) is 4.79 Å². The van der Waals surface area contributed by atoms with Gasteiger partial charge in [0.2, 0.25) is 0 Å². The quantitative estimate of drug-likeness (QED) is 0.645. The van der Waals surface area contributed by atoms with Crippen LogP contribution in [0.5, 0.6) is 5.75 Å². The fraction of sp³-hybridized carbons (Fsp3) is 0.200. The molecule has 0 radical (unpaired) electrons. The number of aryl methyl sites for hydroxylation is 1. The molecule has 130 valence electrons. The van der Waals surface area contributed by atoms with Crippen LogP contribution in [0.25, 0.3) is 6.08 Å². The van der Waals surface area contributed by atoms with Gasteiger partial charge >= 0.3 is 5.97 Å². The van der Waals surface area contributed by atoms with Crippen molar-refractivity contribution >= 4 is 23.6 Å². The van der Waals surface area contributed by atoms with Crippen molar-refractivity contribution in [3.05, 3.63) is 65.7 Å². The van der Waals surface area contributed by atoms with Crippen molar-refractivity contribution in [1.82, 2.24) is 0 Å². The van der Waals surface area contributed by atoms with Crippen LogP contribution < -0.4 is 10.1 Å². The van der Waals surface area contributed by atoms with Gasteiger partial charge in [0.15, 0.2) is 6.10 Å². The number of esters is 1. The average molecular weight is 339 g/mol. The monoisotopic (exact) mass is 339 g/mol. The van der Waals surface area contributed by atoms with E-state index in [0.717, 1.165) is 11.1 Å². The summed E-state index contributed by atoms with van der Waals surface area (Å²) < 4.78 is 10.3. The molecule has 0 fully saturated rings. The van der Waals surface area contributed by atoms with E-state index in [4.69, 9.17) is 9.47 Å². The summed E-state index contributed by atoms with van der Waals surface area (Å²) in [6.45, 7) is 3.47. The Morgan fingerprint density at radius 2 is 1.76 bits per heavy atom. The molecule has 25 heavy (non-hydrogen) atoms. The third-order valence-electron chi connectivity index (χ3n) is 3.61. The standard InChI is InChI=1S/C20H21NO4/c1-14-8-4-5-9-16(14)12-13-19(22)25-15(2)20(23)21-17-10-6-7-11-18(17)24-3/h4-13,15H,1-3H3,(H,21,23)/b13-12+/t15-/m0/s1. The van der Waals surface area contributed by atoms with E-state index in [1.54, 1.807) is 30.3 Å². The van der Waals surface area contributed by atoms with E-state index in [0.29, 0.717) is 11.4 Å². The molecule has 0 aliphatic rings. The maximum Gasteiger partial charge on any atom is 0.331 e. The molecule has 1 N–H and O–H groups in total. The molecule has 5 heteroatoms. The van der Waals surface area contributed by atoms with E-state index in [9.17, 15) is 9.59 Å². The lowest BCUT2D eigenvalue weighted by molar-refractivity contribution is -0.148. The van der Waals surface area contributed by atoms with Crippen LogP contribution >= 0.6 is 0 Å². The summed E-state index contributed by atoms with van der Waals surface area (Å²) in [5, 5.41) is 2.68. The predicted octanol–water partition coefficient (Wildman–Crippen LogP) is 3.59. The molecule has 0 unspecified atom stereocenters. The number of amides is 1. The highest BCUT2D eigenvalue weighted by atomic mass is 16.5. The molecule has 0 aromatic heterocycles. The Labute approximate surface area is 147 Å². The first kappa shape index (κ1) is 18.3. The first-order valence-corrected chi connectivity index (χ1v) is 7.89. The number of para-hydroxylation sites is 2. The van der Waals surface area contributed by atoms with Crippen molar-refractivity contribution in [2.75, 3.05) is 12.4 Å². The topological polar surface area (TPSA) is 64.6 Å². The van der Waals surface area contributed by atoms with E-state index in [2.05, 4.69) is 5.32 Å². The molecule has 0 spiro atoms. The Balaban J connectivity index is 1.94. The Morgan fingerprint density at radius 3 is 2.48 bits per heavy atom. The van der Waals surface area contributed by atoms with Gasteiger partial charge in [0.25, 0.3) is 5.91 Å². The smallest absolute Gasteiger partial charge is 0.331 e. The zero-order valence-electron chi connectivity index (χ0n) is 14.5. The molecule has 0 heterocycles. The van der Waals surface area contributed by atoms with Gasteiger partial charge in [-0.05, 0) is 43.2 Å². The largest absolute Gasteiger partial charge is 0.495 e. The highest BCUT2D eigenvalue weighted by Crippen LogP contribution is 2.23. The van der Waals surface area contributed by atoms with Gasteiger partial charge in [0.05, 0.1) is 12.8 Å². The number of ether oxygens (including phenoxy) is 2. The van der Waals surface area contributed by atoms with Crippen LogP contribution in [0.4, 0.5) is 5.69 Å². The maximum atomic E-state index is 12.2. The van der Waals surface area contributed by atoms with Gasteiger partial charge < -0.3 is 14.8 Å².